The van der Waals surface area contributed by atoms with Crippen LogP contribution in [-0.4, -0.2) is 24.9 Å². The molecule has 0 spiro atoms. The van der Waals surface area contributed by atoms with Gasteiger partial charge in [-0.25, -0.2) is 24.9 Å². The van der Waals surface area contributed by atoms with Crippen molar-refractivity contribution in [1.29, 1.82) is 0 Å². The fourth-order valence-electron chi connectivity index (χ4n) is 7.92. The second-order valence-corrected chi connectivity index (χ2v) is 14.0. The summed E-state index contributed by atoms with van der Waals surface area (Å²) in [7, 11) is 0. The first-order valence-corrected chi connectivity index (χ1v) is 18.7. The van der Waals surface area contributed by atoms with Gasteiger partial charge in [-0.05, 0) is 42.5 Å². The van der Waals surface area contributed by atoms with E-state index in [1.807, 2.05) is 146 Å². The number of nitrogens with zero attached hydrogens (tertiary/aromatic N) is 5. The van der Waals surface area contributed by atoms with Crippen molar-refractivity contribution in [2.45, 2.75) is 0 Å². The molecule has 0 radical (unpaired) electrons. The molecule has 0 atom stereocenters. The minimum absolute atomic E-state index is 0.524. The Morgan fingerprint density at radius 2 is 0.895 bits per heavy atom. The molecule has 0 amide bonds. The molecule has 266 valence electrons. The Morgan fingerprint density at radius 1 is 0.316 bits per heavy atom. The van der Waals surface area contributed by atoms with Crippen molar-refractivity contribution >= 4 is 65.9 Å². The Morgan fingerprint density at radius 3 is 1.72 bits per heavy atom. The topological polar surface area (TPSA) is 104 Å². The predicted octanol–water partition coefficient (Wildman–Crippen LogP) is 12.7. The van der Waals surface area contributed by atoms with E-state index in [4.69, 9.17) is 38.2 Å². The number of aromatic nitrogens is 5. The lowest BCUT2D eigenvalue weighted by molar-refractivity contribution is 0.666. The summed E-state index contributed by atoms with van der Waals surface area (Å²) >= 11 is 0. The van der Waals surface area contributed by atoms with E-state index in [1.54, 1.807) is 0 Å². The van der Waals surface area contributed by atoms with Crippen LogP contribution in [0.1, 0.15) is 0 Å². The van der Waals surface area contributed by atoms with Gasteiger partial charge in [0.2, 0.25) is 0 Å². The van der Waals surface area contributed by atoms with Gasteiger partial charge in [-0.1, -0.05) is 121 Å². The highest BCUT2D eigenvalue weighted by Crippen LogP contribution is 2.42. The van der Waals surface area contributed by atoms with Crippen molar-refractivity contribution in [3.8, 4) is 56.8 Å². The highest BCUT2D eigenvalue weighted by atomic mass is 16.3. The van der Waals surface area contributed by atoms with Crippen molar-refractivity contribution in [1.82, 2.24) is 24.9 Å². The van der Waals surface area contributed by atoms with Crippen LogP contribution in [0.2, 0.25) is 0 Å². The van der Waals surface area contributed by atoms with Crippen LogP contribution in [0.15, 0.2) is 177 Å². The Balaban J connectivity index is 1.07. The molecular formula is C49H27N5O3. The van der Waals surface area contributed by atoms with Gasteiger partial charge in [-0.2, -0.15) is 0 Å². The van der Waals surface area contributed by atoms with Crippen LogP contribution in [0.5, 0.6) is 0 Å². The van der Waals surface area contributed by atoms with Gasteiger partial charge < -0.3 is 13.3 Å². The quantitative estimate of drug-likeness (QED) is 0.172. The van der Waals surface area contributed by atoms with Gasteiger partial charge in [-0.3, -0.25) is 0 Å². The Hall–Kier alpha value is -7.97. The highest BCUT2D eigenvalue weighted by Gasteiger charge is 2.23. The van der Waals surface area contributed by atoms with Crippen molar-refractivity contribution in [3.05, 3.63) is 164 Å². The van der Waals surface area contributed by atoms with Gasteiger partial charge in [-0.15, -0.1) is 0 Å². The van der Waals surface area contributed by atoms with Crippen LogP contribution in [0.25, 0.3) is 123 Å². The lowest BCUT2D eigenvalue weighted by Crippen LogP contribution is -2.00. The van der Waals surface area contributed by atoms with Gasteiger partial charge in [0.25, 0.3) is 0 Å². The first-order valence-electron chi connectivity index (χ1n) is 18.7. The van der Waals surface area contributed by atoms with Crippen LogP contribution in [0, 0.1) is 0 Å². The number of fused-ring (bicyclic) bond motifs is 9. The molecule has 0 fully saturated rings. The molecular weight excluding hydrogens is 707 g/mol. The third-order valence-corrected chi connectivity index (χ3v) is 10.6. The zero-order valence-electron chi connectivity index (χ0n) is 30.0. The van der Waals surface area contributed by atoms with Crippen molar-refractivity contribution < 1.29 is 13.3 Å². The van der Waals surface area contributed by atoms with E-state index in [2.05, 4.69) is 18.2 Å². The zero-order valence-corrected chi connectivity index (χ0v) is 30.0. The van der Waals surface area contributed by atoms with Gasteiger partial charge >= 0.3 is 0 Å². The molecule has 0 saturated heterocycles. The molecule has 8 nitrogen and oxygen atoms in total. The second kappa shape index (κ2) is 12.3. The molecule has 12 aromatic rings. The van der Waals surface area contributed by atoms with Crippen LogP contribution in [0.3, 0.4) is 0 Å². The number of hydrogen-bond donors (Lipinski definition) is 0. The van der Waals surface area contributed by atoms with E-state index in [0.29, 0.717) is 45.7 Å². The molecule has 0 unspecified atom stereocenters. The van der Waals surface area contributed by atoms with Crippen LogP contribution in [-0.2, 0) is 0 Å². The third-order valence-electron chi connectivity index (χ3n) is 10.6. The smallest absolute Gasteiger partial charge is 0.180 e. The van der Waals surface area contributed by atoms with Crippen molar-refractivity contribution in [2.75, 3.05) is 0 Å². The number of furan rings is 3. The molecule has 12 rings (SSSR count). The molecule has 57 heavy (non-hydrogen) atoms. The molecule has 5 heterocycles. The zero-order chi connectivity index (χ0) is 37.5. The maximum absolute atomic E-state index is 6.75. The van der Waals surface area contributed by atoms with Crippen LogP contribution < -0.4 is 0 Å². The van der Waals surface area contributed by atoms with E-state index in [1.165, 1.54) is 0 Å². The summed E-state index contributed by atoms with van der Waals surface area (Å²) in [5, 5.41) is 4.81. The van der Waals surface area contributed by atoms with Crippen LogP contribution in [0.4, 0.5) is 0 Å². The lowest BCUT2D eigenvalue weighted by atomic mass is 10.0. The minimum Gasteiger partial charge on any atom is -0.456 e. The third kappa shape index (κ3) is 4.97. The maximum Gasteiger partial charge on any atom is 0.180 e. The summed E-state index contributed by atoms with van der Waals surface area (Å²) in [4.78, 5) is 25.5. The summed E-state index contributed by atoms with van der Waals surface area (Å²) < 4.78 is 19.4. The minimum atomic E-state index is 0.524. The highest BCUT2D eigenvalue weighted by molar-refractivity contribution is 6.15. The van der Waals surface area contributed by atoms with Gasteiger partial charge in [0.05, 0.1) is 5.56 Å². The fourth-order valence-corrected chi connectivity index (χ4v) is 7.92. The summed E-state index contributed by atoms with van der Waals surface area (Å²) in [5.74, 6) is 2.16. The average molecular weight is 734 g/mol. The van der Waals surface area contributed by atoms with E-state index in [-0.39, 0.29) is 0 Å². The lowest BCUT2D eigenvalue weighted by Gasteiger charge is -2.09. The Kier molecular flexibility index (Phi) is 6.76. The normalized spacial score (nSPS) is 11.9. The number of rotatable bonds is 5. The summed E-state index contributed by atoms with van der Waals surface area (Å²) in [5.41, 5.74) is 10.0. The SMILES string of the molecule is c1ccc(-c2nc(-c3ccc4c(c3)oc3ccccc34)nc(-c3cccc4oc5c(-c6nc(-c7ccccc7)c7oc8ccccc8c7n6)cccc5c34)n2)cc1. The number of hydrogen-bond acceptors (Lipinski definition) is 8. The Labute approximate surface area is 323 Å². The Bertz CT molecular complexity index is 3530. The van der Waals surface area contributed by atoms with E-state index in [0.717, 1.165) is 77.0 Å². The molecule has 0 saturated carbocycles. The average Bonchev–Trinajstić information content (AvgIpc) is 3.97. The fraction of sp³-hybridized carbons (Fsp3) is 0. The molecule has 8 heteroatoms. The van der Waals surface area contributed by atoms with Crippen LogP contribution >= 0.6 is 0 Å². The molecule has 5 aromatic heterocycles. The van der Waals surface area contributed by atoms with Gasteiger partial charge in [0, 0.05) is 49.2 Å². The first kappa shape index (κ1) is 31.4. The second-order valence-electron chi connectivity index (χ2n) is 14.0. The van der Waals surface area contributed by atoms with Crippen molar-refractivity contribution in [3.63, 3.8) is 0 Å². The van der Waals surface area contributed by atoms with E-state index < -0.39 is 0 Å². The van der Waals surface area contributed by atoms with E-state index in [9.17, 15) is 0 Å². The summed E-state index contributed by atoms with van der Waals surface area (Å²) in [6.45, 7) is 0. The predicted molar refractivity (Wildman–Crippen MR) is 224 cm³/mol. The molecule has 0 bridgehead atoms. The number of benzene rings is 7. The molecule has 0 aliphatic rings. The molecule has 7 aromatic carbocycles. The summed E-state index contributed by atoms with van der Waals surface area (Å²) in [6.07, 6.45) is 0. The standard InChI is InChI=1S/C49H27N5O3/c1-3-13-28(14-4-1)42-45-43(33-18-8-10-23-38(33)56-45)51-49(50-42)36-21-11-19-34-41-35(20-12-24-39(41)57-44(34)36)48-53-46(29-15-5-2-6-16-29)52-47(54-48)30-25-26-32-31-17-7-9-22-37(31)55-40(32)27-30/h1-27H. The number of para-hydroxylation sites is 3. The molecule has 0 aliphatic heterocycles. The molecule has 0 aliphatic carbocycles. The first-order chi connectivity index (χ1) is 28.2. The largest absolute Gasteiger partial charge is 0.456 e. The van der Waals surface area contributed by atoms with E-state index >= 15 is 0 Å². The summed E-state index contributed by atoms with van der Waals surface area (Å²) in [6, 6.07) is 54.2. The van der Waals surface area contributed by atoms with Crippen molar-refractivity contribution in [2.24, 2.45) is 0 Å². The monoisotopic (exact) mass is 733 g/mol. The maximum atomic E-state index is 6.75. The molecule has 0 N–H and O–H groups in total. The van der Waals surface area contributed by atoms with Gasteiger partial charge in [0.15, 0.2) is 28.9 Å². The van der Waals surface area contributed by atoms with Gasteiger partial charge in [0.1, 0.15) is 39.1 Å².